The fourth-order valence-electron chi connectivity index (χ4n) is 2.08. The van der Waals surface area contributed by atoms with Gasteiger partial charge in [-0.15, -0.1) is 0 Å². The van der Waals surface area contributed by atoms with Gasteiger partial charge in [0.25, 0.3) is 0 Å². The van der Waals surface area contributed by atoms with Gasteiger partial charge < -0.3 is 10.2 Å². The Bertz CT molecular complexity index is 572. The van der Waals surface area contributed by atoms with E-state index in [1.165, 1.54) is 16.1 Å². The van der Waals surface area contributed by atoms with Gasteiger partial charge in [0.15, 0.2) is 5.13 Å². The van der Waals surface area contributed by atoms with Crippen LogP contribution in [-0.4, -0.2) is 18.1 Å². The first-order chi connectivity index (χ1) is 10.0. The minimum Gasteiger partial charge on any atom is -0.321 e. The van der Waals surface area contributed by atoms with E-state index < -0.39 is 0 Å². The van der Waals surface area contributed by atoms with Crippen LogP contribution in [0.4, 0.5) is 10.8 Å². The second-order valence-corrected chi connectivity index (χ2v) is 6.68. The van der Waals surface area contributed by atoms with E-state index in [-0.39, 0.29) is 0 Å². The number of hydrogen-bond acceptors (Lipinski definition) is 4. The number of rotatable bonds is 6. The quantitative estimate of drug-likeness (QED) is 0.863. The molecule has 0 saturated carbocycles. The molecule has 21 heavy (non-hydrogen) atoms. The van der Waals surface area contributed by atoms with Crippen molar-refractivity contribution in [2.45, 2.75) is 46.7 Å². The second-order valence-electron chi connectivity index (χ2n) is 5.62. The number of aromatic nitrogens is 1. The summed E-state index contributed by atoms with van der Waals surface area (Å²) in [6.07, 6.45) is 1.07. The Morgan fingerprint density at radius 2 is 1.90 bits per heavy atom. The third-order valence-corrected chi connectivity index (χ3v) is 4.80. The second kappa shape index (κ2) is 7.05. The molecule has 1 N–H and O–H groups in total. The number of hydrogen-bond donors (Lipinski definition) is 1. The maximum Gasteiger partial charge on any atom is 0.190 e. The van der Waals surface area contributed by atoms with Gasteiger partial charge in [-0.2, -0.15) is 0 Å². The minimum absolute atomic E-state index is 0.495. The van der Waals surface area contributed by atoms with Crippen LogP contribution in [0.1, 0.15) is 36.9 Å². The zero-order valence-corrected chi connectivity index (χ0v) is 14.4. The molecule has 1 aromatic carbocycles. The normalized spacial score (nSPS) is 11.1. The zero-order valence-electron chi connectivity index (χ0n) is 13.6. The number of benzene rings is 1. The van der Waals surface area contributed by atoms with Crippen LogP contribution in [0.2, 0.25) is 0 Å². The standard InChI is InChI=1S/C17H25N3S/c1-6-14-7-9-15(10-8-14)20(5)17-19-13(4)16(21-17)11-18-12(2)3/h7-10,12,18H,6,11H2,1-5H3. The predicted molar refractivity (Wildman–Crippen MR) is 92.7 cm³/mol. The van der Waals surface area contributed by atoms with E-state index >= 15 is 0 Å². The van der Waals surface area contributed by atoms with E-state index in [0.717, 1.165) is 23.8 Å². The first kappa shape index (κ1) is 16.0. The molecule has 1 aromatic heterocycles. The van der Waals surface area contributed by atoms with Gasteiger partial charge >= 0.3 is 0 Å². The summed E-state index contributed by atoms with van der Waals surface area (Å²) >= 11 is 1.77. The molecule has 0 saturated heterocycles. The smallest absolute Gasteiger partial charge is 0.190 e. The molecule has 0 atom stereocenters. The van der Waals surface area contributed by atoms with Crippen LogP contribution in [0.25, 0.3) is 0 Å². The van der Waals surface area contributed by atoms with Crippen LogP contribution in [0.15, 0.2) is 24.3 Å². The zero-order chi connectivity index (χ0) is 15.4. The lowest BCUT2D eigenvalue weighted by Gasteiger charge is -2.16. The van der Waals surface area contributed by atoms with Crippen LogP contribution in [0, 0.1) is 6.92 Å². The van der Waals surface area contributed by atoms with E-state index in [1.807, 2.05) is 0 Å². The van der Waals surface area contributed by atoms with Crippen LogP contribution in [0.3, 0.4) is 0 Å². The molecule has 2 aromatic rings. The Balaban J connectivity index is 2.14. The summed E-state index contributed by atoms with van der Waals surface area (Å²) in [5.74, 6) is 0. The van der Waals surface area contributed by atoms with E-state index in [2.05, 4.69) is 69.2 Å². The van der Waals surface area contributed by atoms with Crippen molar-refractivity contribution in [2.24, 2.45) is 0 Å². The maximum atomic E-state index is 4.71. The van der Waals surface area contributed by atoms with Crippen LogP contribution < -0.4 is 10.2 Å². The van der Waals surface area contributed by atoms with Crippen molar-refractivity contribution >= 4 is 22.2 Å². The Labute approximate surface area is 132 Å². The molecule has 0 aliphatic heterocycles. The van der Waals surface area contributed by atoms with Crippen molar-refractivity contribution in [3.05, 3.63) is 40.4 Å². The average Bonchev–Trinajstić information content (AvgIpc) is 2.85. The van der Waals surface area contributed by atoms with Gasteiger partial charge in [-0.25, -0.2) is 4.98 Å². The molecule has 0 fully saturated rings. The molecule has 0 unspecified atom stereocenters. The highest BCUT2D eigenvalue weighted by atomic mass is 32.1. The molecule has 0 amide bonds. The van der Waals surface area contributed by atoms with Crippen LogP contribution in [0.5, 0.6) is 0 Å². The van der Waals surface area contributed by atoms with Crippen LogP contribution >= 0.6 is 11.3 Å². The maximum absolute atomic E-state index is 4.71. The fraction of sp³-hybridized carbons (Fsp3) is 0.471. The molecule has 0 spiro atoms. The monoisotopic (exact) mass is 303 g/mol. The van der Waals surface area contributed by atoms with Gasteiger partial charge in [-0.05, 0) is 31.0 Å². The van der Waals surface area contributed by atoms with Crippen molar-refractivity contribution in [1.82, 2.24) is 10.3 Å². The van der Waals surface area contributed by atoms with E-state index in [4.69, 9.17) is 4.98 Å². The number of nitrogens with one attached hydrogen (secondary N) is 1. The van der Waals surface area contributed by atoms with Gasteiger partial charge in [0.05, 0.1) is 5.69 Å². The average molecular weight is 303 g/mol. The van der Waals surface area contributed by atoms with Crippen molar-refractivity contribution < 1.29 is 0 Å². The molecule has 4 heteroatoms. The molecule has 1 heterocycles. The summed E-state index contributed by atoms with van der Waals surface area (Å²) in [5.41, 5.74) is 3.67. The number of thiazole rings is 1. The van der Waals surface area contributed by atoms with E-state index in [1.54, 1.807) is 11.3 Å². The SMILES string of the molecule is CCc1ccc(N(C)c2nc(C)c(CNC(C)C)s2)cc1. The van der Waals surface area contributed by atoms with Gasteiger partial charge in [-0.3, -0.25) is 0 Å². The molecule has 2 rings (SSSR count). The Morgan fingerprint density at radius 3 is 2.48 bits per heavy atom. The summed E-state index contributed by atoms with van der Waals surface area (Å²) in [4.78, 5) is 8.19. The lowest BCUT2D eigenvalue weighted by molar-refractivity contribution is 0.591. The van der Waals surface area contributed by atoms with Gasteiger partial charge in [0.2, 0.25) is 0 Å². The Morgan fingerprint density at radius 1 is 1.24 bits per heavy atom. The summed E-state index contributed by atoms with van der Waals surface area (Å²) in [7, 11) is 2.08. The number of nitrogens with zero attached hydrogens (tertiary/aromatic N) is 2. The third kappa shape index (κ3) is 4.05. The van der Waals surface area contributed by atoms with Gasteiger partial charge in [0.1, 0.15) is 0 Å². The predicted octanol–water partition coefficient (Wildman–Crippen LogP) is 4.28. The summed E-state index contributed by atoms with van der Waals surface area (Å²) in [6, 6.07) is 9.21. The van der Waals surface area contributed by atoms with Crippen molar-refractivity contribution in [3.8, 4) is 0 Å². The van der Waals surface area contributed by atoms with E-state index in [9.17, 15) is 0 Å². The number of aryl methyl sites for hydroxylation is 2. The molecule has 0 aliphatic carbocycles. The molecule has 0 radical (unpaired) electrons. The highest BCUT2D eigenvalue weighted by molar-refractivity contribution is 7.15. The third-order valence-electron chi connectivity index (χ3n) is 3.57. The Hall–Kier alpha value is -1.39. The summed E-state index contributed by atoms with van der Waals surface area (Å²) < 4.78 is 0. The lowest BCUT2D eigenvalue weighted by Crippen LogP contribution is -2.21. The molecular formula is C17H25N3S. The first-order valence-corrected chi connectivity index (χ1v) is 8.35. The molecule has 114 valence electrons. The highest BCUT2D eigenvalue weighted by Gasteiger charge is 2.12. The molecular weight excluding hydrogens is 278 g/mol. The first-order valence-electron chi connectivity index (χ1n) is 7.53. The highest BCUT2D eigenvalue weighted by Crippen LogP contribution is 2.30. The van der Waals surface area contributed by atoms with Crippen molar-refractivity contribution in [3.63, 3.8) is 0 Å². The van der Waals surface area contributed by atoms with Gasteiger partial charge in [0, 0.05) is 30.2 Å². The Kier molecular flexibility index (Phi) is 5.37. The fourth-order valence-corrected chi connectivity index (χ4v) is 3.08. The molecule has 3 nitrogen and oxygen atoms in total. The topological polar surface area (TPSA) is 28.2 Å². The van der Waals surface area contributed by atoms with Crippen LogP contribution in [-0.2, 0) is 13.0 Å². The minimum atomic E-state index is 0.495. The lowest BCUT2D eigenvalue weighted by atomic mass is 10.1. The molecule has 0 aliphatic rings. The molecule has 0 bridgehead atoms. The van der Waals surface area contributed by atoms with E-state index in [0.29, 0.717) is 6.04 Å². The van der Waals surface area contributed by atoms with Crippen molar-refractivity contribution in [2.75, 3.05) is 11.9 Å². The summed E-state index contributed by atoms with van der Waals surface area (Å²) in [6.45, 7) is 9.49. The summed E-state index contributed by atoms with van der Waals surface area (Å²) in [5, 5.41) is 4.51. The number of anilines is 2. The largest absolute Gasteiger partial charge is 0.321 e. The van der Waals surface area contributed by atoms with Crippen molar-refractivity contribution in [1.29, 1.82) is 0 Å². The van der Waals surface area contributed by atoms with Gasteiger partial charge in [-0.1, -0.05) is 44.2 Å².